The number of hydrogen-bond donors (Lipinski definition) is 2. The Bertz CT molecular complexity index is 1150. The van der Waals surface area contributed by atoms with E-state index in [9.17, 15) is 14.0 Å². The molecule has 2 aliphatic heterocycles. The number of amides is 2. The monoisotopic (exact) mass is 480 g/mol. The van der Waals surface area contributed by atoms with Gasteiger partial charge < -0.3 is 20.3 Å². The zero-order chi connectivity index (χ0) is 23.5. The molecule has 5 rings (SSSR count). The number of nitrogens with zero attached hydrogens (tertiary/aromatic N) is 2. The Morgan fingerprint density at radius 2 is 1.94 bits per heavy atom. The molecule has 0 spiro atoms. The van der Waals surface area contributed by atoms with E-state index in [1.165, 1.54) is 23.5 Å². The number of carbonyl (C=O) groups is 2. The van der Waals surface area contributed by atoms with Gasteiger partial charge in [0.25, 0.3) is 0 Å². The third-order valence-electron chi connectivity index (χ3n) is 6.13. The molecule has 0 bridgehead atoms. The number of rotatable bonds is 8. The number of benzene rings is 2. The van der Waals surface area contributed by atoms with Crippen LogP contribution in [-0.2, 0) is 27.5 Å². The van der Waals surface area contributed by atoms with Crippen molar-refractivity contribution in [1.29, 1.82) is 0 Å². The van der Waals surface area contributed by atoms with Crippen molar-refractivity contribution in [2.45, 2.75) is 37.7 Å². The van der Waals surface area contributed by atoms with E-state index in [1.54, 1.807) is 17.0 Å². The van der Waals surface area contributed by atoms with Gasteiger partial charge in [-0.2, -0.15) is 0 Å². The topological polar surface area (TPSA) is 83.6 Å². The molecule has 9 heteroatoms. The second-order valence-electron chi connectivity index (χ2n) is 8.52. The van der Waals surface area contributed by atoms with Crippen molar-refractivity contribution in [3.8, 4) is 11.3 Å². The number of carbonyl (C=O) groups excluding carboxylic acids is 2. The summed E-state index contributed by atoms with van der Waals surface area (Å²) in [6.07, 6.45) is 0.561. The first kappa shape index (κ1) is 22.6. The molecule has 2 aliphatic rings. The summed E-state index contributed by atoms with van der Waals surface area (Å²) in [6.45, 7) is 1.55. The van der Waals surface area contributed by atoms with Crippen LogP contribution < -0.4 is 10.6 Å². The quantitative estimate of drug-likeness (QED) is 0.518. The minimum atomic E-state index is -0.663. The molecule has 7 nitrogen and oxygen atoms in total. The summed E-state index contributed by atoms with van der Waals surface area (Å²) >= 11 is 1.52. The highest BCUT2D eigenvalue weighted by molar-refractivity contribution is 7.09. The summed E-state index contributed by atoms with van der Waals surface area (Å²) < 4.78 is 18.8. The molecule has 2 fully saturated rings. The molecule has 2 aromatic carbocycles. The Balaban J connectivity index is 1.13. The van der Waals surface area contributed by atoms with Gasteiger partial charge in [0.15, 0.2) is 0 Å². The van der Waals surface area contributed by atoms with E-state index in [2.05, 4.69) is 15.6 Å². The Hall–Kier alpha value is -3.14. The van der Waals surface area contributed by atoms with Crippen LogP contribution in [0.25, 0.3) is 11.3 Å². The molecule has 176 valence electrons. The zero-order valence-corrected chi connectivity index (χ0v) is 19.3. The number of nitrogens with one attached hydrogen (secondary N) is 2. The van der Waals surface area contributed by atoms with E-state index in [0.717, 1.165) is 21.8 Å². The summed E-state index contributed by atoms with van der Waals surface area (Å²) in [5.74, 6) is -0.512. The minimum Gasteiger partial charge on any atom is -0.374 e. The Labute approximate surface area is 201 Å². The summed E-state index contributed by atoms with van der Waals surface area (Å²) in [5, 5.41) is 9.09. The lowest BCUT2D eigenvalue weighted by Crippen LogP contribution is -2.62. The first-order valence-electron chi connectivity index (χ1n) is 11.2. The number of piperazine rings is 1. The minimum absolute atomic E-state index is 0.00172. The molecule has 3 atom stereocenters. The van der Waals surface area contributed by atoms with Crippen LogP contribution in [0.3, 0.4) is 0 Å². The third-order valence-corrected chi connectivity index (χ3v) is 6.98. The van der Waals surface area contributed by atoms with Gasteiger partial charge in [0.2, 0.25) is 11.8 Å². The van der Waals surface area contributed by atoms with Gasteiger partial charge in [-0.1, -0.05) is 30.3 Å². The second kappa shape index (κ2) is 10.0. The lowest BCUT2D eigenvalue weighted by atomic mass is 10.1. The van der Waals surface area contributed by atoms with E-state index in [-0.39, 0.29) is 30.3 Å². The summed E-state index contributed by atoms with van der Waals surface area (Å²) in [4.78, 5) is 31.9. The van der Waals surface area contributed by atoms with Crippen LogP contribution in [0.2, 0.25) is 0 Å². The van der Waals surface area contributed by atoms with Crippen molar-refractivity contribution < 1.29 is 18.7 Å². The molecular weight excluding hydrogens is 455 g/mol. The highest BCUT2D eigenvalue weighted by atomic mass is 32.1. The third kappa shape index (κ3) is 5.01. The number of aromatic nitrogens is 1. The molecule has 0 unspecified atom stereocenters. The maximum Gasteiger partial charge on any atom is 0.248 e. The number of fused-ring (bicyclic) bond motifs is 1. The molecule has 2 saturated heterocycles. The molecule has 3 aromatic rings. The summed E-state index contributed by atoms with van der Waals surface area (Å²) in [6, 6.07) is 14.9. The van der Waals surface area contributed by atoms with Gasteiger partial charge >= 0.3 is 0 Å². The fourth-order valence-electron chi connectivity index (χ4n) is 4.36. The SMILES string of the molecule is O=C1N[C@@H](COCc2ccccc2)C(=O)N2C[C@@H](NCc3nc(-c4ccc(F)cc4)cs3)C[C@@H]12. The first-order chi connectivity index (χ1) is 16.6. The summed E-state index contributed by atoms with van der Waals surface area (Å²) in [7, 11) is 0. The fourth-order valence-corrected chi connectivity index (χ4v) is 5.12. The lowest BCUT2D eigenvalue weighted by Gasteiger charge is -2.34. The van der Waals surface area contributed by atoms with Crippen LogP contribution in [0.1, 0.15) is 17.0 Å². The van der Waals surface area contributed by atoms with E-state index in [1.807, 2.05) is 35.7 Å². The van der Waals surface area contributed by atoms with Gasteiger partial charge in [-0.3, -0.25) is 9.59 Å². The van der Waals surface area contributed by atoms with Crippen molar-refractivity contribution >= 4 is 23.2 Å². The summed E-state index contributed by atoms with van der Waals surface area (Å²) in [5.41, 5.74) is 2.69. The van der Waals surface area contributed by atoms with Crippen molar-refractivity contribution in [1.82, 2.24) is 20.5 Å². The van der Waals surface area contributed by atoms with Gasteiger partial charge in [0, 0.05) is 30.1 Å². The highest BCUT2D eigenvalue weighted by Gasteiger charge is 2.46. The lowest BCUT2D eigenvalue weighted by molar-refractivity contribution is -0.148. The van der Waals surface area contributed by atoms with Crippen LogP contribution in [-0.4, -0.2) is 53.0 Å². The second-order valence-corrected chi connectivity index (χ2v) is 9.46. The van der Waals surface area contributed by atoms with Crippen LogP contribution in [0, 0.1) is 5.82 Å². The standard InChI is InChI=1S/C25H25FN4O3S/c26-18-8-6-17(7-9-18)21-15-34-23(28-21)11-27-19-10-22-24(31)29-20(25(32)30(22)12-19)14-33-13-16-4-2-1-3-5-16/h1-9,15,19-20,22,27H,10-14H2,(H,29,31)/t19-,20-,22-/m0/s1. The van der Waals surface area contributed by atoms with Crippen LogP contribution in [0.5, 0.6) is 0 Å². The maximum absolute atomic E-state index is 13.1. The average molecular weight is 481 g/mol. The smallest absolute Gasteiger partial charge is 0.248 e. The van der Waals surface area contributed by atoms with Gasteiger partial charge in [-0.25, -0.2) is 9.37 Å². The van der Waals surface area contributed by atoms with Crippen molar-refractivity contribution in [2.75, 3.05) is 13.2 Å². The van der Waals surface area contributed by atoms with Crippen molar-refractivity contribution in [2.24, 2.45) is 0 Å². The van der Waals surface area contributed by atoms with Gasteiger partial charge in [-0.15, -0.1) is 11.3 Å². The van der Waals surface area contributed by atoms with E-state index < -0.39 is 12.1 Å². The predicted molar refractivity (Wildman–Crippen MR) is 126 cm³/mol. The van der Waals surface area contributed by atoms with E-state index in [4.69, 9.17) is 4.74 Å². The molecule has 34 heavy (non-hydrogen) atoms. The molecule has 3 heterocycles. The first-order valence-corrected chi connectivity index (χ1v) is 12.1. The molecule has 2 N–H and O–H groups in total. The largest absolute Gasteiger partial charge is 0.374 e. The Morgan fingerprint density at radius 3 is 2.74 bits per heavy atom. The van der Waals surface area contributed by atoms with Crippen LogP contribution in [0.4, 0.5) is 4.39 Å². The predicted octanol–water partition coefficient (Wildman–Crippen LogP) is 2.72. The number of hydrogen-bond acceptors (Lipinski definition) is 6. The molecule has 0 saturated carbocycles. The maximum atomic E-state index is 13.1. The van der Waals surface area contributed by atoms with Crippen molar-refractivity contribution in [3.05, 3.63) is 76.4 Å². The molecule has 2 amide bonds. The zero-order valence-electron chi connectivity index (χ0n) is 18.4. The number of ether oxygens (including phenoxy) is 1. The highest BCUT2D eigenvalue weighted by Crippen LogP contribution is 2.25. The van der Waals surface area contributed by atoms with E-state index in [0.29, 0.717) is 26.1 Å². The molecule has 0 aliphatic carbocycles. The van der Waals surface area contributed by atoms with Gasteiger partial charge in [0.05, 0.1) is 18.9 Å². The normalized spacial score (nSPS) is 22.0. The number of thiazole rings is 1. The molecule has 1 aromatic heterocycles. The van der Waals surface area contributed by atoms with Gasteiger partial charge in [-0.05, 0) is 36.2 Å². The average Bonchev–Trinajstić information content (AvgIpc) is 3.50. The van der Waals surface area contributed by atoms with Gasteiger partial charge in [0.1, 0.15) is 22.9 Å². The molecule has 0 radical (unpaired) electrons. The molecular formula is C25H25FN4O3S. The van der Waals surface area contributed by atoms with Crippen LogP contribution in [0.15, 0.2) is 60.0 Å². The van der Waals surface area contributed by atoms with Crippen LogP contribution >= 0.6 is 11.3 Å². The van der Waals surface area contributed by atoms with E-state index >= 15 is 0 Å². The number of halogens is 1. The Morgan fingerprint density at radius 1 is 1.15 bits per heavy atom. The fraction of sp³-hybridized carbons (Fsp3) is 0.320. The Kier molecular flexibility index (Phi) is 6.66. The van der Waals surface area contributed by atoms with Crippen molar-refractivity contribution in [3.63, 3.8) is 0 Å².